The Morgan fingerprint density at radius 1 is 1.11 bits per heavy atom. The van der Waals surface area contributed by atoms with E-state index in [0.29, 0.717) is 11.8 Å². The van der Waals surface area contributed by atoms with Gasteiger partial charge in [-0.15, -0.1) is 10.2 Å². The molecule has 0 aliphatic carbocycles. The molecular weight excluding hydrogens is 236 g/mol. The minimum absolute atomic E-state index is 0.0850. The summed E-state index contributed by atoms with van der Waals surface area (Å²) in [5.74, 6) is 1.81. The highest BCUT2D eigenvalue weighted by molar-refractivity contribution is 5.24. The summed E-state index contributed by atoms with van der Waals surface area (Å²) in [4.78, 5) is 0. The normalized spacial score (nSPS) is 13.5. The van der Waals surface area contributed by atoms with Crippen LogP contribution >= 0.6 is 0 Å². The minimum atomic E-state index is -0.0850. The zero-order chi connectivity index (χ0) is 14.0. The van der Waals surface area contributed by atoms with Crippen LogP contribution in [0, 0.1) is 6.92 Å². The summed E-state index contributed by atoms with van der Waals surface area (Å²) < 4.78 is 5.74. The molecule has 0 amide bonds. The first-order valence-electron chi connectivity index (χ1n) is 6.75. The second-order valence-corrected chi connectivity index (χ2v) is 6.27. The lowest BCUT2D eigenvalue weighted by Crippen LogP contribution is -2.11. The number of hydrogen-bond donors (Lipinski definition) is 0. The Balaban J connectivity index is 2.08. The maximum Gasteiger partial charge on any atom is 0.221 e. The molecule has 102 valence electrons. The van der Waals surface area contributed by atoms with Gasteiger partial charge >= 0.3 is 0 Å². The molecule has 0 radical (unpaired) electrons. The van der Waals surface area contributed by atoms with Crippen molar-refractivity contribution in [1.29, 1.82) is 0 Å². The van der Waals surface area contributed by atoms with E-state index < -0.39 is 0 Å². The Kier molecular flexibility index (Phi) is 3.74. The van der Waals surface area contributed by atoms with Crippen molar-refractivity contribution < 1.29 is 4.42 Å². The molecule has 3 heteroatoms. The van der Waals surface area contributed by atoms with Crippen molar-refractivity contribution >= 4 is 0 Å². The van der Waals surface area contributed by atoms with Crippen molar-refractivity contribution in [2.45, 2.75) is 52.4 Å². The summed E-state index contributed by atoms with van der Waals surface area (Å²) in [6.45, 7) is 10.5. The van der Waals surface area contributed by atoms with Gasteiger partial charge in [-0.2, -0.15) is 0 Å². The van der Waals surface area contributed by atoms with Crippen molar-refractivity contribution in [3.63, 3.8) is 0 Å². The van der Waals surface area contributed by atoms with E-state index in [1.165, 1.54) is 11.1 Å². The minimum Gasteiger partial charge on any atom is -0.425 e. The number of benzene rings is 1. The summed E-state index contributed by atoms with van der Waals surface area (Å²) in [6.07, 6.45) is 0.784. The molecule has 1 aromatic carbocycles. The average molecular weight is 258 g/mol. The molecule has 0 fully saturated rings. The van der Waals surface area contributed by atoms with Crippen molar-refractivity contribution in [3.05, 3.63) is 47.2 Å². The van der Waals surface area contributed by atoms with Crippen LogP contribution in [0.4, 0.5) is 0 Å². The molecule has 0 saturated carbocycles. The van der Waals surface area contributed by atoms with Crippen LogP contribution < -0.4 is 0 Å². The van der Waals surface area contributed by atoms with Gasteiger partial charge in [-0.3, -0.25) is 0 Å². The predicted molar refractivity (Wildman–Crippen MR) is 76.3 cm³/mol. The summed E-state index contributed by atoms with van der Waals surface area (Å²) >= 11 is 0. The molecule has 0 saturated heterocycles. The van der Waals surface area contributed by atoms with E-state index in [2.05, 4.69) is 69.1 Å². The van der Waals surface area contributed by atoms with Gasteiger partial charge in [0.05, 0.1) is 0 Å². The maximum atomic E-state index is 5.74. The monoisotopic (exact) mass is 258 g/mol. The van der Waals surface area contributed by atoms with Crippen LogP contribution in [-0.4, -0.2) is 10.2 Å². The second-order valence-electron chi connectivity index (χ2n) is 6.27. The highest BCUT2D eigenvalue weighted by Crippen LogP contribution is 2.24. The lowest BCUT2D eigenvalue weighted by Gasteiger charge is -2.12. The van der Waals surface area contributed by atoms with E-state index in [1.807, 2.05) is 0 Å². The largest absolute Gasteiger partial charge is 0.425 e. The zero-order valence-electron chi connectivity index (χ0n) is 12.4. The Morgan fingerprint density at radius 3 is 2.26 bits per heavy atom. The van der Waals surface area contributed by atoms with E-state index in [4.69, 9.17) is 4.42 Å². The quantitative estimate of drug-likeness (QED) is 0.834. The van der Waals surface area contributed by atoms with Crippen molar-refractivity contribution in [3.8, 4) is 0 Å². The standard InChI is InChI=1S/C16H22N2O/c1-11-6-8-13(9-7-11)12(2)10-14-17-18-15(19-14)16(3,4)5/h6-9,12H,10H2,1-5H3. The molecule has 0 N–H and O–H groups in total. The Bertz CT molecular complexity index is 535. The van der Waals surface area contributed by atoms with Crippen LogP contribution in [0.5, 0.6) is 0 Å². The van der Waals surface area contributed by atoms with Gasteiger partial charge in [0, 0.05) is 11.8 Å². The molecule has 1 heterocycles. The molecule has 2 aromatic rings. The molecule has 1 aromatic heterocycles. The van der Waals surface area contributed by atoms with Crippen molar-refractivity contribution in [1.82, 2.24) is 10.2 Å². The van der Waals surface area contributed by atoms with Gasteiger partial charge in [-0.1, -0.05) is 57.5 Å². The molecule has 0 bridgehead atoms. The van der Waals surface area contributed by atoms with Crippen LogP contribution in [0.1, 0.15) is 56.5 Å². The molecule has 0 spiro atoms. The molecule has 1 unspecified atom stereocenters. The topological polar surface area (TPSA) is 38.9 Å². The smallest absolute Gasteiger partial charge is 0.221 e. The number of nitrogens with zero attached hydrogens (tertiary/aromatic N) is 2. The zero-order valence-corrected chi connectivity index (χ0v) is 12.4. The fraction of sp³-hybridized carbons (Fsp3) is 0.500. The van der Waals surface area contributed by atoms with Crippen LogP contribution in [0.2, 0.25) is 0 Å². The Labute approximate surface area is 115 Å². The number of hydrogen-bond acceptors (Lipinski definition) is 3. The number of aryl methyl sites for hydroxylation is 1. The number of rotatable bonds is 3. The first-order valence-corrected chi connectivity index (χ1v) is 6.75. The third-order valence-electron chi connectivity index (χ3n) is 3.24. The maximum absolute atomic E-state index is 5.74. The van der Waals surface area contributed by atoms with Gasteiger partial charge in [0.2, 0.25) is 11.8 Å². The van der Waals surface area contributed by atoms with E-state index in [0.717, 1.165) is 12.3 Å². The molecule has 3 nitrogen and oxygen atoms in total. The molecule has 1 atom stereocenters. The Hall–Kier alpha value is -1.64. The lowest BCUT2D eigenvalue weighted by atomic mass is 9.96. The van der Waals surface area contributed by atoms with Crippen LogP contribution in [0.15, 0.2) is 28.7 Å². The van der Waals surface area contributed by atoms with Gasteiger partial charge < -0.3 is 4.42 Å². The van der Waals surface area contributed by atoms with E-state index in [1.54, 1.807) is 0 Å². The van der Waals surface area contributed by atoms with Gasteiger partial charge in [0.25, 0.3) is 0 Å². The first-order chi connectivity index (χ1) is 8.86. The summed E-state index contributed by atoms with van der Waals surface area (Å²) in [5, 5.41) is 8.28. The highest BCUT2D eigenvalue weighted by Gasteiger charge is 2.22. The summed E-state index contributed by atoms with van der Waals surface area (Å²) in [7, 11) is 0. The summed E-state index contributed by atoms with van der Waals surface area (Å²) in [5.41, 5.74) is 2.50. The first kappa shape index (κ1) is 13.8. The summed E-state index contributed by atoms with van der Waals surface area (Å²) in [6, 6.07) is 8.61. The van der Waals surface area contributed by atoms with Crippen LogP contribution in [0.25, 0.3) is 0 Å². The molecular formula is C16H22N2O. The third kappa shape index (κ3) is 3.43. The molecule has 2 rings (SSSR count). The highest BCUT2D eigenvalue weighted by atomic mass is 16.4. The van der Waals surface area contributed by atoms with Crippen molar-refractivity contribution in [2.75, 3.05) is 0 Å². The molecule has 0 aliphatic rings. The van der Waals surface area contributed by atoms with E-state index in [-0.39, 0.29) is 5.41 Å². The third-order valence-corrected chi connectivity index (χ3v) is 3.24. The van der Waals surface area contributed by atoms with Crippen LogP contribution in [-0.2, 0) is 11.8 Å². The van der Waals surface area contributed by atoms with Gasteiger partial charge in [-0.05, 0) is 18.4 Å². The average Bonchev–Trinajstić information content (AvgIpc) is 2.78. The van der Waals surface area contributed by atoms with E-state index >= 15 is 0 Å². The predicted octanol–water partition coefficient (Wildman–Crippen LogP) is 4.02. The van der Waals surface area contributed by atoms with Crippen LogP contribution in [0.3, 0.4) is 0 Å². The Morgan fingerprint density at radius 2 is 1.74 bits per heavy atom. The van der Waals surface area contributed by atoms with Gasteiger partial charge in [0.15, 0.2) is 0 Å². The van der Waals surface area contributed by atoms with E-state index in [9.17, 15) is 0 Å². The second kappa shape index (κ2) is 5.16. The number of aromatic nitrogens is 2. The van der Waals surface area contributed by atoms with Gasteiger partial charge in [-0.25, -0.2) is 0 Å². The van der Waals surface area contributed by atoms with Crippen molar-refractivity contribution in [2.24, 2.45) is 0 Å². The lowest BCUT2D eigenvalue weighted by molar-refractivity contribution is 0.367. The fourth-order valence-electron chi connectivity index (χ4n) is 1.91. The molecule has 19 heavy (non-hydrogen) atoms. The van der Waals surface area contributed by atoms with Gasteiger partial charge in [0.1, 0.15) is 0 Å². The SMILES string of the molecule is Cc1ccc(C(C)Cc2nnc(C(C)(C)C)o2)cc1. The fourth-order valence-corrected chi connectivity index (χ4v) is 1.91. The molecule has 0 aliphatic heterocycles.